The Morgan fingerprint density at radius 3 is 2.40 bits per heavy atom. The van der Waals surface area contributed by atoms with Crippen LogP contribution in [0.1, 0.15) is 0 Å². The van der Waals surface area contributed by atoms with Gasteiger partial charge in [0.2, 0.25) is 0 Å². The molecule has 1 heterocycles. The summed E-state index contributed by atoms with van der Waals surface area (Å²) in [4.78, 5) is 13.4. The molecule has 0 aliphatic heterocycles. The van der Waals surface area contributed by atoms with Crippen molar-refractivity contribution in [2.45, 2.75) is 0 Å². The van der Waals surface area contributed by atoms with Gasteiger partial charge in [-0.3, -0.25) is 0 Å². The summed E-state index contributed by atoms with van der Waals surface area (Å²) in [7, 11) is 3.08. The maximum absolute atomic E-state index is 9.67. The van der Waals surface area contributed by atoms with Gasteiger partial charge in [0, 0.05) is 25.7 Å². The average molecular weight is 252 g/mol. The monoisotopic (exact) mass is 251 g/mol. The molecule has 0 amide bonds. The molecule has 0 unspecified atom stereocenters. The molecule has 0 radical (unpaired) electrons. The van der Waals surface area contributed by atoms with E-state index >= 15 is 0 Å². The molecule has 0 atom stereocenters. The van der Waals surface area contributed by atoms with Crippen LogP contribution in [0.2, 0.25) is 4.47 Å². The van der Waals surface area contributed by atoms with Gasteiger partial charge in [-0.15, -0.1) is 11.3 Å². The van der Waals surface area contributed by atoms with Gasteiger partial charge in [-0.05, 0) is 0 Å². The lowest BCUT2D eigenvalue weighted by Gasteiger charge is -1.95. The molecule has 0 aliphatic rings. The fourth-order valence-corrected chi connectivity index (χ4v) is 1.08. The highest BCUT2D eigenvalue weighted by Crippen LogP contribution is 2.08. The highest BCUT2D eigenvalue weighted by atomic mass is 35.5. The minimum atomic E-state index is -0.775. The first-order valence-corrected chi connectivity index (χ1v) is 4.99. The molecule has 0 saturated carbocycles. The number of nitrogens with zero attached hydrogens (tertiary/aromatic N) is 3. The van der Waals surface area contributed by atoms with Crippen molar-refractivity contribution in [3.63, 3.8) is 0 Å². The summed E-state index contributed by atoms with van der Waals surface area (Å²) < 4.78 is 0.606. The third-order valence-corrected chi connectivity index (χ3v) is 1.98. The Morgan fingerprint density at radius 2 is 2.27 bits per heavy atom. The predicted octanol–water partition coefficient (Wildman–Crippen LogP) is 0.769. The Kier molecular flexibility index (Phi) is 7.20. The van der Waals surface area contributed by atoms with Gasteiger partial charge in [0.1, 0.15) is 5.10 Å². The van der Waals surface area contributed by atoms with Gasteiger partial charge in [0.25, 0.3) is 5.96 Å². The molecule has 1 aromatic rings. The first kappa shape index (κ1) is 13.6. The average Bonchev–Trinajstić information content (AvgIpc) is 2.66. The smallest absolute Gasteiger partial charge is 0.268 e. The Bertz CT molecular complexity index is 309. The van der Waals surface area contributed by atoms with Crippen molar-refractivity contribution in [3.05, 3.63) is 26.2 Å². The molecule has 0 spiro atoms. The van der Waals surface area contributed by atoms with Gasteiger partial charge in [-0.25, -0.2) is 15.1 Å². The van der Waals surface area contributed by atoms with Crippen LogP contribution in [-0.2, 0) is 0 Å². The van der Waals surface area contributed by atoms with Crippen LogP contribution in [0.25, 0.3) is 0 Å². The van der Waals surface area contributed by atoms with E-state index in [1.54, 1.807) is 20.3 Å². The summed E-state index contributed by atoms with van der Waals surface area (Å²) in [5, 5.41) is 18.6. The predicted molar refractivity (Wildman–Crippen MR) is 59.7 cm³/mol. The van der Waals surface area contributed by atoms with E-state index in [4.69, 9.17) is 11.6 Å². The van der Waals surface area contributed by atoms with Crippen LogP contribution in [0.4, 0.5) is 0 Å². The van der Waals surface area contributed by atoms with Crippen molar-refractivity contribution in [3.8, 4) is 0 Å². The third kappa shape index (κ3) is 7.65. The molecule has 7 nitrogen and oxygen atoms in total. The Hall–Kier alpha value is -1.41. The van der Waals surface area contributed by atoms with E-state index in [9.17, 15) is 10.1 Å². The van der Waals surface area contributed by atoms with Crippen LogP contribution in [0, 0.1) is 10.1 Å². The van der Waals surface area contributed by atoms with Gasteiger partial charge in [0.15, 0.2) is 9.50 Å². The van der Waals surface area contributed by atoms with Crippen LogP contribution in [0.15, 0.2) is 16.7 Å². The molecule has 15 heavy (non-hydrogen) atoms. The number of hydrazone groups is 1. The zero-order valence-electron chi connectivity index (χ0n) is 8.10. The zero-order chi connectivity index (χ0) is 11.7. The second-order valence-electron chi connectivity index (χ2n) is 1.97. The molecular formula is C6H10ClN5O2S. The first-order chi connectivity index (χ1) is 7.10. The Balaban J connectivity index is 0.000000280. The lowest BCUT2D eigenvalue weighted by Crippen LogP contribution is -2.32. The maximum atomic E-state index is 9.67. The summed E-state index contributed by atoms with van der Waals surface area (Å²) in [5.41, 5.74) is 0. The number of rotatable bonds is 1. The van der Waals surface area contributed by atoms with Gasteiger partial charge in [-0.1, -0.05) is 11.6 Å². The minimum absolute atomic E-state index is 0.139. The topological polar surface area (TPSA) is 92.5 Å². The van der Waals surface area contributed by atoms with Crippen LogP contribution in [0.3, 0.4) is 0 Å². The molecule has 0 bridgehead atoms. The maximum Gasteiger partial charge on any atom is 0.268 e. The van der Waals surface area contributed by atoms with E-state index in [2.05, 4.69) is 20.7 Å². The SMILES string of the molecule is CNC(=N[N+](=O)[O-])NC.Clc1nccs1. The van der Waals surface area contributed by atoms with E-state index in [1.165, 1.54) is 11.3 Å². The highest BCUT2D eigenvalue weighted by molar-refractivity contribution is 7.13. The van der Waals surface area contributed by atoms with Gasteiger partial charge >= 0.3 is 0 Å². The lowest BCUT2D eigenvalue weighted by molar-refractivity contribution is -0.485. The quantitative estimate of drug-likeness (QED) is 0.333. The molecule has 1 rings (SSSR count). The van der Waals surface area contributed by atoms with Crippen molar-refractivity contribution in [1.82, 2.24) is 15.6 Å². The molecular weight excluding hydrogens is 242 g/mol. The van der Waals surface area contributed by atoms with Crippen LogP contribution >= 0.6 is 22.9 Å². The number of halogens is 1. The number of nitro groups is 1. The summed E-state index contributed by atoms with van der Waals surface area (Å²) in [6.07, 6.45) is 1.67. The van der Waals surface area contributed by atoms with Gasteiger partial charge in [0.05, 0.1) is 0 Å². The van der Waals surface area contributed by atoms with Crippen molar-refractivity contribution in [1.29, 1.82) is 0 Å². The lowest BCUT2D eigenvalue weighted by atomic mass is 10.9. The summed E-state index contributed by atoms with van der Waals surface area (Å²) in [6, 6.07) is 0. The molecule has 84 valence electrons. The Labute approximate surface area is 95.3 Å². The molecule has 0 saturated heterocycles. The van der Waals surface area contributed by atoms with E-state index in [-0.39, 0.29) is 5.96 Å². The number of guanidine groups is 1. The van der Waals surface area contributed by atoms with E-state index in [0.717, 1.165) is 0 Å². The Morgan fingerprint density at radius 1 is 1.67 bits per heavy atom. The molecule has 2 N–H and O–H groups in total. The van der Waals surface area contributed by atoms with E-state index < -0.39 is 5.03 Å². The number of hydrogen-bond donors (Lipinski definition) is 2. The minimum Gasteiger partial charge on any atom is -0.354 e. The third-order valence-electron chi connectivity index (χ3n) is 1.06. The number of thiazole rings is 1. The molecule has 0 aliphatic carbocycles. The second-order valence-corrected chi connectivity index (χ2v) is 3.45. The van der Waals surface area contributed by atoms with Crippen LogP contribution in [-0.4, -0.2) is 30.1 Å². The molecule has 1 aromatic heterocycles. The van der Waals surface area contributed by atoms with Crippen LogP contribution in [0.5, 0.6) is 0 Å². The first-order valence-electron chi connectivity index (χ1n) is 3.73. The fourth-order valence-electron chi connectivity index (χ4n) is 0.513. The summed E-state index contributed by atoms with van der Waals surface area (Å²) in [5.74, 6) is 0.139. The number of nitrogens with one attached hydrogen (secondary N) is 2. The molecule has 0 fully saturated rings. The molecule has 0 aromatic carbocycles. The standard InChI is InChI=1S/C3H2ClNS.C3H8N4O2/c4-3-5-1-2-6-3;1-4-3(5-2)6-7(8)9/h1-2H;1-2H3,(H2,4,5,6). The number of hydrogen-bond acceptors (Lipinski definition) is 4. The normalized spacial score (nSPS) is 8.20. The van der Waals surface area contributed by atoms with E-state index in [1.807, 2.05) is 5.38 Å². The van der Waals surface area contributed by atoms with Crippen molar-refractivity contribution in [2.75, 3.05) is 14.1 Å². The van der Waals surface area contributed by atoms with Crippen LogP contribution < -0.4 is 10.6 Å². The van der Waals surface area contributed by atoms with Gasteiger partial charge in [-0.2, -0.15) is 0 Å². The second kappa shape index (κ2) is 7.94. The largest absolute Gasteiger partial charge is 0.354 e. The summed E-state index contributed by atoms with van der Waals surface area (Å²) in [6.45, 7) is 0. The van der Waals surface area contributed by atoms with Crippen molar-refractivity contribution < 1.29 is 5.03 Å². The van der Waals surface area contributed by atoms with Crippen molar-refractivity contribution >= 4 is 28.9 Å². The summed E-state index contributed by atoms with van der Waals surface area (Å²) >= 11 is 6.79. The van der Waals surface area contributed by atoms with E-state index in [0.29, 0.717) is 4.47 Å². The van der Waals surface area contributed by atoms with Crippen molar-refractivity contribution in [2.24, 2.45) is 5.10 Å². The van der Waals surface area contributed by atoms with Gasteiger partial charge < -0.3 is 10.6 Å². The molecule has 9 heteroatoms. The number of aromatic nitrogens is 1. The fraction of sp³-hybridized carbons (Fsp3) is 0.333. The zero-order valence-corrected chi connectivity index (χ0v) is 9.67. The highest BCUT2D eigenvalue weighted by Gasteiger charge is 1.95.